The van der Waals surface area contributed by atoms with Gasteiger partial charge in [0.25, 0.3) is 0 Å². The topological polar surface area (TPSA) is 211 Å². The van der Waals surface area contributed by atoms with Crippen molar-refractivity contribution in [1.29, 1.82) is 0 Å². The van der Waals surface area contributed by atoms with Gasteiger partial charge < -0.3 is 30.5 Å². The van der Waals surface area contributed by atoms with Gasteiger partial charge in [0, 0.05) is 23.1 Å². The van der Waals surface area contributed by atoms with Crippen molar-refractivity contribution in [3.63, 3.8) is 0 Å². The van der Waals surface area contributed by atoms with Crippen LogP contribution < -0.4 is 15.5 Å². The lowest BCUT2D eigenvalue weighted by Crippen LogP contribution is -2.39. The Morgan fingerprint density at radius 3 is 2.33 bits per heavy atom. The van der Waals surface area contributed by atoms with E-state index in [1.54, 1.807) is 5.48 Å². The van der Waals surface area contributed by atoms with Crippen molar-refractivity contribution < 1.29 is 44.8 Å². The van der Waals surface area contributed by atoms with Crippen LogP contribution in [-0.4, -0.2) is 72.3 Å². The number of carboxylic acids is 2. The van der Waals surface area contributed by atoms with Gasteiger partial charge >= 0.3 is 11.9 Å². The summed E-state index contributed by atoms with van der Waals surface area (Å²) in [7, 11) is 0. The lowest BCUT2D eigenvalue weighted by molar-refractivity contribution is -0.165. The minimum atomic E-state index is -2.27. The number of carbonyl (C=O) groups is 3. The number of benzene rings is 2. The normalized spacial score (nSPS) is 11.7. The Labute approximate surface area is 223 Å². The van der Waals surface area contributed by atoms with E-state index in [0.29, 0.717) is 25.3 Å². The van der Waals surface area contributed by atoms with Gasteiger partial charge in [0.15, 0.2) is 12.2 Å². The van der Waals surface area contributed by atoms with E-state index in [1.165, 1.54) is 6.33 Å². The van der Waals surface area contributed by atoms with Crippen molar-refractivity contribution >= 4 is 40.3 Å². The third kappa shape index (κ3) is 9.90. The second kappa shape index (κ2) is 15.5. The third-order valence-corrected chi connectivity index (χ3v) is 5.15. The number of fused-ring (bicyclic) bond motifs is 1. The monoisotopic (exact) mass is 540 g/mol. The van der Waals surface area contributed by atoms with Crippen molar-refractivity contribution in [2.45, 2.75) is 37.9 Å². The SMILES string of the molecule is C#Cc1cccc(Nc2ncnc3ccc(OCCCCCC(=O)NO)cc23)c1.O=C(O)C(O)C(O)C(=O)O. The Hall–Kier alpha value is -4.77. The summed E-state index contributed by atoms with van der Waals surface area (Å²) in [5.41, 5.74) is 4.07. The predicted molar refractivity (Wildman–Crippen MR) is 138 cm³/mol. The van der Waals surface area contributed by atoms with E-state index in [4.69, 9.17) is 36.8 Å². The number of aliphatic carboxylic acids is 2. The van der Waals surface area contributed by atoms with E-state index in [1.807, 2.05) is 42.5 Å². The number of hydrogen-bond acceptors (Lipinski definition) is 10. The minimum absolute atomic E-state index is 0.305. The molecular formula is C26H28N4O9. The molecule has 0 aliphatic heterocycles. The first-order valence-electron chi connectivity index (χ1n) is 11.6. The number of rotatable bonds is 12. The number of unbranched alkanes of at least 4 members (excludes halogenated alkanes) is 2. The average molecular weight is 541 g/mol. The van der Waals surface area contributed by atoms with Crippen LogP contribution in [0.25, 0.3) is 10.9 Å². The number of aliphatic hydroxyl groups is 2. The first kappa shape index (κ1) is 30.5. The minimum Gasteiger partial charge on any atom is -0.494 e. The average Bonchev–Trinajstić information content (AvgIpc) is 2.94. The first-order valence-corrected chi connectivity index (χ1v) is 11.6. The number of anilines is 2. The highest BCUT2D eigenvalue weighted by atomic mass is 16.5. The standard InChI is InChI=1S/C22H22N4O3.C4H6O6/c1-2-16-7-6-8-17(13-16)25-22-19-14-18(10-11-20(19)23-15-24-22)29-12-5-3-4-9-21(27)26-28;5-1(3(7)8)2(6)4(9)10/h1,6-8,10-11,13-15,28H,3-5,9,12H2,(H,26,27)(H,23,24,25);1-2,5-6H,(H,7,8)(H,9,10). The van der Waals surface area contributed by atoms with E-state index in [2.05, 4.69) is 21.2 Å². The van der Waals surface area contributed by atoms with Gasteiger partial charge in [-0.3, -0.25) is 10.0 Å². The van der Waals surface area contributed by atoms with Crippen LogP contribution in [-0.2, 0) is 14.4 Å². The van der Waals surface area contributed by atoms with Crippen molar-refractivity contribution in [3.05, 3.63) is 54.4 Å². The third-order valence-electron chi connectivity index (χ3n) is 5.15. The molecule has 13 nitrogen and oxygen atoms in total. The number of nitrogens with one attached hydrogen (secondary N) is 2. The molecule has 1 heterocycles. The van der Waals surface area contributed by atoms with Crippen molar-refractivity contribution in [2.75, 3.05) is 11.9 Å². The molecule has 1 amide bonds. The Morgan fingerprint density at radius 2 is 1.69 bits per heavy atom. The number of hydroxylamine groups is 1. The molecule has 2 aromatic carbocycles. The van der Waals surface area contributed by atoms with Crippen LogP contribution in [0.1, 0.15) is 31.2 Å². The molecule has 2 atom stereocenters. The molecule has 0 saturated heterocycles. The number of terminal acetylenes is 1. The number of carbonyl (C=O) groups excluding carboxylic acids is 1. The Kier molecular flexibility index (Phi) is 12.1. The number of amides is 1. The summed E-state index contributed by atoms with van der Waals surface area (Å²) in [6.07, 6.45) is 5.10. The molecule has 0 aliphatic rings. The quantitative estimate of drug-likeness (QED) is 0.0757. The fraction of sp³-hybridized carbons (Fsp3) is 0.269. The van der Waals surface area contributed by atoms with Crippen LogP contribution in [0.15, 0.2) is 48.8 Å². The van der Waals surface area contributed by atoms with Crippen LogP contribution >= 0.6 is 0 Å². The van der Waals surface area contributed by atoms with E-state index in [-0.39, 0.29) is 5.91 Å². The number of nitrogens with zero attached hydrogens (tertiary/aromatic N) is 2. The molecular weight excluding hydrogens is 512 g/mol. The zero-order valence-corrected chi connectivity index (χ0v) is 20.6. The van der Waals surface area contributed by atoms with Crippen LogP contribution in [0.4, 0.5) is 11.5 Å². The summed E-state index contributed by atoms with van der Waals surface area (Å²) in [5.74, 6) is 0.109. The molecule has 3 rings (SSSR count). The van der Waals surface area contributed by atoms with E-state index in [0.717, 1.165) is 40.7 Å². The lowest BCUT2D eigenvalue weighted by Gasteiger charge is -2.11. The fourth-order valence-electron chi connectivity index (χ4n) is 3.13. The molecule has 39 heavy (non-hydrogen) atoms. The zero-order valence-electron chi connectivity index (χ0n) is 20.6. The van der Waals surface area contributed by atoms with Gasteiger partial charge in [0.05, 0.1) is 12.1 Å². The maximum atomic E-state index is 11.0. The van der Waals surface area contributed by atoms with E-state index >= 15 is 0 Å². The maximum absolute atomic E-state index is 11.0. The summed E-state index contributed by atoms with van der Waals surface area (Å²) >= 11 is 0. The van der Waals surface area contributed by atoms with Crippen LogP contribution in [0.3, 0.4) is 0 Å². The number of carboxylic acid groups (broad SMARTS) is 2. The molecule has 0 saturated carbocycles. The summed E-state index contributed by atoms with van der Waals surface area (Å²) in [5, 5.41) is 45.1. The largest absolute Gasteiger partial charge is 0.494 e. The van der Waals surface area contributed by atoms with Crippen LogP contribution in [0, 0.1) is 12.3 Å². The summed E-state index contributed by atoms with van der Waals surface area (Å²) in [6, 6.07) is 13.2. The highest BCUT2D eigenvalue weighted by Gasteiger charge is 2.29. The van der Waals surface area contributed by atoms with Crippen LogP contribution in [0.2, 0.25) is 0 Å². The maximum Gasteiger partial charge on any atom is 0.335 e. The molecule has 0 bridgehead atoms. The van der Waals surface area contributed by atoms with Crippen LogP contribution in [0.5, 0.6) is 5.75 Å². The summed E-state index contributed by atoms with van der Waals surface area (Å²) in [6.45, 7) is 0.535. The molecule has 2 unspecified atom stereocenters. The Morgan fingerprint density at radius 1 is 0.974 bits per heavy atom. The van der Waals surface area contributed by atoms with Gasteiger partial charge in [-0.1, -0.05) is 12.0 Å². The molecule has 7 N–H and O–H groups in total. The molecule has 13 heteroatoms. The van der Waals surface area contributed by atoms with Gasteiger partial charge in [0.1, 0.15) is 17.9 Å². The Balaban J connectivity index is 0.000000455. The smallest absolute Gasteiger partial charge is 0.335 e. The van der Waals surface area contributed by atoms with Gasteiger partial charge in [-0.05, 0) is 55.7 Å². The second-order valence-corrected chi connectivity index (χ2v) is 8.01. The molecule has 0 fully saturated rings. The summed E-state index contributed by atoms with van der Waals surface area (Å²) < 4.78 is 5.83. The van der Waals surface area contributed by atoms with Gasteiger partial charge in [-0.15, -0.1) is 6.42 Å². The first-order chi connectivity index (χ1) is 18.7. The highest BCUT2D eigenvalue weighted by Crippen LogP contribution is 2.27. The molecule has 1 aromatic heterocycles. The highest BCUT2D eigenvalue weighted by molar-refractivity contribution is 5.91. The number of aromatic nitrogens is 2. The van der Waals surface area contributed by atoms with E-state index in [9.17, 15) is 14.4 Å². The molecule has 0 aliphatic carbocycles. The molecule has 0 spiro atoms. The Bertz CT molecular complexity index is 1310. The molecule has 3 aromatic rings. The predicted octanol–water partition coefficient (Wildman–Crippen LogP) is 1.68. The lowest BCUT2D eigenvalue weighted by atomic mass is 10.2. The van der Waals surface area contributed by atoms with Crippen molar-refractivity contribution in [3.8, 4) is 18.1 Å². The van der Waals surface area contributed by atoms with Gasteiger partial charge in [-0.2, -0.15) is 0 Å². The zero-order chi connectivity index (χ0) is 28.8. The van der Waals surface area contributed by atoms with Crippen molar-refractivity contribution in [2.24, 2.45) is 0 Å². The summed E-state index contributed by atoms with van der Waals surface area (Å²) in [4.78, 5) is 39.2. The van der Waals surface area contributed by atoms with Crippen molar-refractivity contribution in [1.82, 2.24) is 15.4 Å². The second-order valence-electron chi connectivity index (χ2n) is 8.01. The number of ether oxygens (including phenoxy) is 1. The molecule has 0 radical (unpaired) electrons. The van der Waals surface area contributed by atoms with Gasteiger partial charge in [-0.25, -0.2) is 25.0 Å². The fourth-order valence-corrected chi connectivity index (χ4v) is 3.13. The van der Waals surface area contributed by atoms with E-state index < -0.39 is 24.1 Å². The number of hydrogen-bond donors (Lipinski definition) is 7. The van der Waals surface area contributed by atoms with Gasteiger partial charge in [0.2, 0.25) is 5.91 Å². The number of aliphatic hydroxyl groups excluding tert-OH is 2. The molecule has 206 valence electrons.